The lowest BCUT2D eigenvalue weighted by Gasteiger charge is -2.20. The van der Waals surface area contributed by atoms with Crippen molar-refractivity contribution in [2.24, 2.45) is 0 Å². The van der Waals surface area contributed by atoms with Crippen molar-refractivity contribution in [1.29, 1.82) is 0 Å². The number of nitrogens with one attached hydrogen (secondary N) is 1. The summed E-state index contributed by atoms with van der Waals surface area (Å²) in [6.45, 7) is 0.816. The van der Waals surface area contributed by atoms with E-state index < -0.39 is 17.6 Å². The molecule has 132 valence electrons. The zero-order chi connectivity index (χ0) is 18.0. The number of carbonyl (C=O) groups is 1. The summed E-state index contributed by atoms with van der Waals surface area (Å²) in [7, 11) is 0. The number of rotatable bonds is 3. The van der Waals surface area contributed by atoms with Crippen molar-refractivity contribution in [1.82, 2.24) is 0 Å². The van der Waals surface area contributed by atoms with Crippen LogP contribution in [0.2, 0.25) is 5.02 Å². The second kappa shape index (κ2) is 6.84. The lowest BCUT2D eigenvalue weighted by atomic mass is 10.1. The van der Waals surface area contributed by atoms with Crippen LogP contribution in [0.25, 0.3) is 0 Å². The zero-order valence-corrected chi connectivity index (χ0v) is 13.6. The van der Waals surface area contributed by atoms with Crippen LogP contribution in [0.5, 0.6) is 11.5 Å². The normalized spacial score (nSPS) is 13.4. The number of halogens is 4. The van der Waals surface area contributed by atoms with Crippen molar-refractivity contribution in [3.8, 4) is 11.5 Å². The molecular weight excluding hydrogens is 359 g/mol. The molecule has 0 spiro atoms. The van der Waals surface area contributed by atoms with Crippen molar-refractivity contribution in [2.45, 2.75) is 12.6 Å². The van der Waals surface area contributed by atoms with Gasteiger partial charge in [-0.15, -0.1) is 0 Å². The summed E-state index contributed by atoms with van der Waals surface area (Å²) >= 11 is 6.10. The quantitative estimate of drug-likeness (QED) is 0.874. The smallest absolute Gasteiger partial charge is 0.416 e. The van der Waals surface area contributed by atoms with E-state index in [9.17, 15) is 18.0 Å². The van der Waals surface area contributed by atoms with Gasteiger partial charge < -0.3 is 14.8 Å². The molecule has 3 rings (SSSR count). The van der Waals surface area contributed by atoms with Gasteiger partial charge in [0.05, 0.1) is 22.7 Å². The van der Waals surface area contributed by atoms with Gasteiger partial charge >= 0.3 is 6.18 Å². The highest BCUT2D eigenvalue weighted by molar-refractivity contribution is 6.34. The molecule has 1 N–H and O–H groups in total. The molecule has 4 nitrogen and oxygen atoms in total. The summed E-state index contributed by atoms with van der Waals surface area (Å²) < 4.78 is 48.4. The third kappa shape index (κ3) is 4.17. The van der Waals surface area contributed by atoms with E-state index >= 15 is 0 Å². The van der Waals surface area contributed by atoms with Gasteiger partial charge in [0, 0.05) is 12.1 Å². The Morgan fingerprint density at radius 1 is 1.08 bits per heavy atom. The van der Waals surface area contributed by atoms with E-state index in [0.717, 1.165) is 12.1 Å². The van der Waals surface area contributed by atoms with Crippen LogP contribution >= 0.6 is 11.6 Å². The monoisotopic (exact) mass is 371 g/mol. The molecule has 0 aromatic heterocycles. The van der Waals surface area contributed by atoms with Gasteiger partial charge in [-0.05, 0) is 17.7 Å². The average Bonchev–Trinajstić information content (AvgIpc) is 2.55. The summed E-state index contributed by atoms with van der Waals surface area (Å²) in [6.07, 6.45) is -4.48. The van der Waals surface area contributed by atoms with Gasteiger partial charge in [0.25, 0.3) is 0 Å². The summed E-state index contributed by atoms with van der Waals surface area (Å²) in [6, 6.07) is 7.53. The maximum Gasteiger partial charge on any atom is 0.416 e. The van der Waals surface area contributed by atoms with Crippen molar-refractivity contribution >= 4 is 23.2 Å². The SMILES string of the molecule is O=C(Cc1ccc(C(F)(F)F)cc1)Nc1cc2c(cc1Cl)OCCO2. The van der Waals surface area contributed by atoms with Gasteiger partial charge in [-0.3, -0.25) is 4.79 Å². The van der Waals surface area contributed by atoms with E-state index in [4.69, 9.17) is 21.1 Å². The minimum absolute atomic E-state index is 0.0804. The largest absolute Gasteiger partial charge is 0.486 e. The number of hydrogen-bond donors (Lipinski definition) is 1. The first-order valence-corrected chi connectivity index (χ1v) is 7.76. The number of amides is 1. The Bertz CT molecular complexity index is 791. The van der Waals surface area contributed by atoms with Crippen LogP contribution in [-0.4, -0.2) is 19.1 Å². The van der Waals surface area contributed by atoms with Crippen LogP contribution < -0.4 is 14.8 Å². The van der Waals surface area contributed by atoms with E-state index in [1.807, 2.05) is 0 Å². The fourth-order valence-corrected chi connectivity index (χ4v) is 2.55. The Morgan fingerprint density at radius 3 is 2.28 bits per heavy atom. The molecule has 0 atom stereocenters. The van der Waals surface area contributed by atoms with Crippen LogP contribution in [0, 0.1) is 0 Å². The molecule has 1 amide bonds. The summed E-state index contributed by atoms with van der Waals surface area (Å²) in [5.74, 6) is 0.566. The van der Waals surface area contributed by atoms with E-state index in [-0.39, 0.29) is 11.4 Å². The lowest BCUT2D eigenvalue weighted by Crippen LogP contribution is -2.17. The fourth-order valence-electron chi connectivity index (χ4n) is 2.35. The predicted octanol–water partition coefficient (Wildman–Crippen LogP) is 4.31. The van der Waals surface area contributed by atoms with Crippen LogP contribution in [-0.2, 0) is 17.4 Å². The van der Waals surface area contributed by atoms with Crippen LogP contribution in [0.15, 0.2) is 36.4 Å². The van der Waals surface area contributed by atoms with E-state index in [1.54, 1.807) is 12.1 Å². The second-order valence-electron chi connectivity index (χ2n) is 5.40. The summed E-state index contributed by atoms with van der Waals surface area (Å²) in [5.41, 5.74) is 0.0496. The summed E-state index contributed by atoms with van der Waals surface area (Å²) in [5, 5.41) is 2.91. The molecule has 0 unspecified atom stereocenters. The minimum atomic E-state index is -4.40. The van der Waals surface area contributed by atoms with Crippen molar-refractivity contribution in [3.05, 3.63) is 52.5 Å². The third-order valence-corrected chi connectivity index (χ3v) is 3.86. The Balaban J connectivity index is 1.68. The number of carbonyl (C=O) groups excluding carboxylic acids is 1. The molecule has 0 saturated heterocycles. The molecule has 1 aliphatic rings. The average molecular weight is 372 g/mol. The van der Waals surface area contributed by atoms with Crippen molar-refractivity contribution < 1.29 is 27.4 Å². The molecular formula is C17H13ClF3NO3. The number of fused-ring (bicyclic) bond motifs is 1. The topological polar surface area (TPSA) is 47.6 Å². The van der Waals surface area contributed by atoms with Gasteiger partial charge in [0.2, 0.25) is 5.91 Å². The molecule has 2 aromatic carbocycles. The maximum atomic E-state index is 12.5. The molecule has 1 heterocycles. The van der Waals surface area contributed by atoms with Crippen LogP contribution in [0.4, 0.5) is 18.9 Å². The molecule has 0 saturated carbocycles. The molecule has 0 radical (unpaired) electrons. The van der Waals surface area contributed by atoms with Crippen LogP contribution in [0.1, 0.15) is 11.1 Å². The standard InChI is InChI=1S/C17H13ClF3NO3/c18-12-8-14-15(25-6-5-24-14)9-13(12)22-16(23)7-10-1-3-11(4-2-10)17(19,20)21/h1-4,8-9H,5-7H2,(H,22,23). The zero-order valence-electron chi connectivity index (χ0n) is 12.8. The molecule has 0 aliphatic carbocycles. The number of benzene rings is 2. The van der Waals surface area contributed by atoms with E-state index in [1.165, 1.54) is 12.1 Å². The van der Waals surface area contributed by atoms with Gasteiger partial charge in [0.1, 0.15) is 13.2 Å². The summed E-state index contributed by atoms with van der Waals surface area (Å²) in [4.78, 5) is 12.1. The number of ether oxygens (including phenoxy) is 2. The Morgan fingerprint density at radius 2 is 1.68 bits per heavy atom. The highest BCUT2D eigenvalue weighted by Crippen LogP contribution is 2.38. The highest BCUT2D eigenvalue weighted by atomic mass is 35.5. The van der Waals surface area contributed by atoms with Crippen molar-refractivity contribution in [2.75, 3.05) is 18.5 Å². The highest BCUT2D eigenvalue weighted by Gasteiger charge is 2.30. The Hall–Kier alpha value is -2.41. The van der Waals surface area contributed by atoms with Gasteiger partial charge in [-0.2, -0.15) is 13.2 Å². The minimum Gasteiger partial charge on any atom is -0.486 e. The van der Waals surface area contributed by atoms with Gasteiger partial charge in [-0.1, -0.05) is 23.7 Å². The first kappa shape index (κ1) is 17.4. The predicted molar refractivity (Wildman–Crippen MR) is 86.2 cm³/mol. The molecule has 8 heteroatoms. The third-order valence-electron chi connectivity index (χ3n) is 3.55. The van der Waals surface area contributed by atoms with Gasteiger partial charge in [-0.25, -0.2) is 0 Å². The number of alkyl halides is 3. The van der Waals surface area contributed by atoms with E-state index in [0.29, 0.717) is 36.0 Å². The lowest BCUT2D eigenvalue weighted by molar-refractivity contribution is -0.137. The molecule has 25 heavy (non-hydrogen) atoms. The molecule has 0 fully saturated rings. The molecule has 1 aliphatic heterocycles. The van der Waals surface area contributed by atoms with Crippen molar-refractivity contribution in [3.63, 3.8) is 0 Å². The fraction of sp³-hybridized carbons (Fsp3) is 0.235. The van der Waals surface area contributed by atoms with Gasteiger partial charge in [0.15, 0.2) is 11.5 Å². The van der Waals surface area contributed by atoms with Crippen LogP contribution in [0.3, 0.4) is 0 Å². The first-order valence-electron chi connectivity index (χ1n) is 7.38. The molecule has 2 aromatic rings. The Kier molecular flexibility index (Phi) is 4.76. The first-order chi connectivity index (χ1) is 11.8. The second-order valence-corrected chi connectivity index (χ2v) is 5.80. The maximum absolute atomic E-state index is 12.5. The molecule has 0 bridgehead atoms. The number of hydrogen-bond acceptors (Lipinski definition) is 3. The van der Waals surface area contributed by atoms with E-state index in [2.05, 4.69) is 5.32 Å². The number of anilines is 1. The Labute approximate surface area is 146 Å².